The number of nitrogens with zero attached hydrogens (tertiary/aromatic N) is 3. The summed E-state index contributed by atoms with van der Waals surface area (Å²) < 4.78 is 11.9. The van der Waals surface area contributed by atoms with E-state index in [2.05, 4.69) is 43.9 Å². The number of aliphatic hydroxyl groups is 1. The molecule has 116 valence electrons. The van der Waals surface area contributed by atoms with Gasteiger partial charge in [-0.2, -0.15) is 0 Å². The maximum atomic E-state index is 9.87. The van der Waals surface area contributed by atoms with Gasteiger partial charge in [0.15, 0.2) is 14.6 Å². The molecule has 0 aromatic carbocycles. The summed E-state index contributed by atoms with van der Waals surface area (Å²) in [7, 11) is -2.00. The largest absolute Gasteiger partial charge is 0.411 e. The van der Waals surface area contributed by atoms with Crippen molar-refractivity contribution < 1.29 is 14.3 Å². The zero-order chi connectivity index (χ0) is 15.7. The predicted octanol–water partition coefficient (Wildman–Crippen LogP) is 3.43. The molecule has 1 heterocycles. The smallest absolute Gasteiger partial charge is 0.192 e. The molecule has 0 aliphatic carbocycles. The Balaban J connectivity index is 3.03. The second-order valence-corrected chi connectivity index (χ2v) is 11.9. The van der Waals surface area contributed by atoms with E-state index in [-0.39, 0.29) is 23.2 Å². The Morgan fingerprint density at radius 2 is 1.85 bits per heavy atom. The van der Waals surface area contributed by atoms with E-state index >= 15 is 0 Å². The fourth-order valence-corrected chi connectivity index (χ4v) is 3.44. The molecule has 0 aromatic rings. The lowest BCUT2D eigenvalue weighted by Crippen LogP contribution is -2.57. The Labute approximate surface area is 122 Å². The van der Waals surface area contributed by atoms with Gasteiger partial charge in [-0.1, -0.05) is 32.8 Å². The normalized spacial score (nSPS) is 35.5. The van der Waals surface area contributed by atoms with Crippen molar-refractivity contribution in [1.29, 1.82) is 0 Å². The third kappa shape index (κ3) is 3.54. The SMILES string of the molecule is C[C@H]1OC(O)[C@H](C)[C@@H](N=[N+]=[N-])[C@@H]1O[Si](C)(C)C(C)(C)C. The van der Waals surface area contributed by atoms with Crippen LogP contribution < -0.4 is 0 Å². The van der Waals surface area contributed by atoms with Gasteiger partial charge in [-0.25, -0.2) is 0 Å². The molecule has 1 aliphatic heterocycles. The predicted molar refractivity (Wildman–Crippen MR) is 80.7 cm³/mol. The quantitative estimate of drug-likeness (QED) is 0.375. The van der Waals surface area contributed by atoms with E-state index in [1.54, 1.807) is 0 Å². The van der Waals surface area contributed by atoms with Gasteiger partial charge in [0.25, 0.3) is 0 Å². The van der Waals surface area contributed by atoms with Crippen molar-refractivity contribution in [3.63, 3.8) is 0 Å². The monoisotopic (exact) mass is 301 g/mol. The third-order valence-corrected chi connectivity index (χ3v) is 9.04. The molecule has 0 aromatic heterocycles. The average molecular weight is 301 g/mol. The number of aliphatic hydroxyl groups excluding tert-OH is 1. The summed E-state index contributed by atoms with van der Waals surface area (Å²) in [5.41, 5.74) is 8.78. The first-order chi connectivity index (χ1) is 9.01. The Morgan fingerprint density at radius 1 is 1.30 bits per heavy atom. The van der Waals surface area contributed by atoms with Gasteiger partial charge >= 0.3 is 0 Å². The molecule has 0 bridgehead atoms. The van der Waals surface area contributed by atoms with Crippen molar-refractivity contribution in [1.82, 2.24) is 0 Å². The van der Waals surface area contributed by atoms with Crippen LogP contribution in [0.1, 0.15) is 34.6 Å². The van der Waals surface area contributed by atoms with Crippen molar-refractivity contribution in [3.05, 3.63) is 10.4 Å². The van der Waals surface area contributed by atoms with Gasteiger partial charge in [-0.05, 0) is 30.6 Å². The Hall–Kier alpha value is -0.593. The summed E-state index contributed by atoms with van der Waals surface area (Å²) in [6, 6.07) is -0.409. The molecule has 1 rings (SSSR count). The number of hydrogen-bond donors (Lipinski definition) is 1. The van der Waals surface area contributed by atoms with Crippen LogP contribution in [0.25, 0.3) is 10.4 Å². The molecule has 0 amide bonds. The van der Waals surface area contributed by atoms with E-state index in [9.17, 15) is 5.11 Å². The first-order valence-corrected chi connectivity index (χ1v) is 9.97. The lowest BCUT2D eigenvalue weighted by atomic mass is 9.91. The number of azide groups is 1. The number of ether oxygens (including phenoxy) is 1. The Bertz CT molecular complexity index is 391. The molecule has 6 nitrogen and oxygen atoms in total. The highest BCUT2D eigenvalue weighted by Gasteiger charge is 2.47. The van der Waals surface area contributed by atoms with E-state index in [1.807, 2.05) is 13.8 Å². The van der Waals surface area contributed by atoms with E-state index in [0.717, 1.165) is 0 Å². The second kappa shape index (κ2) is 6.03. The maximum Gasteiger partial charge on any atom is 0.192 e. The van der Waals surface area contributed by atoms with Gasteiger partial charge in [0.05, 0.1) is 18.2 Å². The van der Waals surface area contributed by atoms with Gasteiger partial charge in [0, 0.05) is 10.8 Å². The van der Waals surface area contributed by atoms with Crippen LogP contribution in [0, 0.1) is 5.92 Å². The van der Waals surface area contributed by atoms with Crippen LogP contribution in [0.5, 0.6) is 0 Å². The molecule has 1 unspecified atom stereocenters. The Kier molecular flexibility index (Phi) is 5.27. The lowest BCUT2D eigenvalue weighted by Gasteiger charge is -2.47. The van der Waals surface area contributed by atoms with Gasteiger partial charge in [-0.15, -0.1) is 0 Å². The highest BCUT2D eigenvalue weighted by Crippen LogP contribution is 2.40. The molecular formula is C13H27N3O3Si. The van der Waals surface area contributed by atoms with Crippen molar-refractivity contribution in [2.75, 3.05) is 0 Å². The van der Waals surface area contributed by atoms with Gasteiger partial charge in [0.1, 0.15) is 0 Å². The minimum atomic E-state index is -2.00. The average Bonchev–Trinajstić information content (AvgIpc) is 2.29. The minimum absolute atomic E-state index is 0.0624. The van der Waals surface area contributed by atoms with Crippen molar-refractivity contribution in [3.8, 4) is 0 Å². The van der Waals surface area contributed by atoms with E-state index in [0.29, 0.717) is 0 Å². The summed E-state index contributed by atoms with van der Waals surface area (Å²) in [4.78, 5) is 2.91. The summed E-state index contributed by atoms with van der Waals surface area (Å²) in [6.07, 6.45) is -1.53. The zero-order valence-corrected chi connectivity index (χ0v) is 14.5. The molecular weight excluding hydrogens is 274 g/mol. The summed E-state index contributed by atoms with van der Waals surface area (Å²) >= 11 is 0. The van der Waals surface area contributed by atoms with Crippen molar-refractivity contribution in [2.24, 2.45) is 11.0 Å². The number of hydrogen-bond acceptors (Lipinski definition) is 4. The summed E-state index contributed by atoms with van der Waals surface area (Å²) in [6.45, 7) is 14.5. The molecule has 5 atom stereocenters. The highest BCUT2D eigenvalue weighted by atomic mass is 28.4. The van der Waals surface area contributed by atoms with E-state index in [1.165, 1.54) is 0 Å². The van der Waals surface area contributed by atoms with Crippen LogP contribution in [0.3, 0.4) is 0 Å². The van der Waals surface area contributed by atoms with E-state index in [4.69, 9.17) is 14.7 Å². The molecule has 7 heteroatoms. The van der Waals surface area contributed by atoms with Gasteiger partial charge in [0.2, 0.25) is 0 Å². The van der Waals surface area contributed by atoms with Crippen LogP contribution in [-0.4, -0.2) is 38.0 Å². The van der Waals surface area contributed by atoms with Crippen molar-refractivity contribution >= 4 is 8.32 Å². The van der Waals surface area contributed by atoms with Crippen LogP contribution in [-0.2, 0) is 9.16 Å². The minimum Gasteiger partial charge on any atom is -0.411 e. The molecule has 1 N–H and O–H groups in total. The van der Waals surface area contributed by atoms with Gasteiger partial charge in [-0.3, -0.25) is 0 Å². The number of rotatable bonds is 3. The molecule has 1 aliphatic rings. The maximum absolute atomic E-state index is 9.87. The van der Waals surface area contributed by atoms with Crippen LogP contribution in [0.2, 0.25) is 18.1 Å². The molecule has 20 heavy (non-hydrogen) atoms. The molecule has 1 fully saturated rings. The lowest BCUT2D eigenvalue weighted by molar-refractivity contribution is -0.221. The van der Waals surface area contributed by atoms with Crippen LogP contribution in [0.4, 0.5) is 0 Å². The third-order valence-electron chi connectivity index (χ3n) is 4.56. The summed E-state index contributed by atoms with van der Waals surface area (Å²) in [5, 5.41) is 13.8. The standard InChI is InChI=1S/C13H27N3O3Si/c1-8-10(15-16-14)11(9(2)18-12(8)17)19-20(6,7)13(3,4)5/h8-12,17H,1-7H3/t8-,9-,10-,11-,12?/m1/s1. The molecule has 1 saturated heterocycles. The fourth-order valence-electron chi connectivity index (χ4n) is 2.08. The second-order valence-electron chi connectivity index (χ2n) is 7.13. The zero-order valence-electron chi connectivity index (χ0n) is 13.5. The van der Waals surface area contributed by atoms with Crippen LogP contribution in [0.15, 0.2) is 5.11 Å². The first kappa shape index (κ1) is 17.5. The molecule has 0 spiro atoms. The Morgan fingerprint density at radius 3 is 2.30 bits per heavy atom. The topological polar surface area (TPSA) is 87.5 Å². The molecule has 0 saturated carbocycles. The van der Waals surface area contributed by atoms with E-state index < -0.39 is 20.6 Å². The molecule has 0 radical (unpaired) electrons. The summed E-state index contributed by atoms with van der Waals surface area (Å²) in [5.74, 6) is -0.281. The first-order valence-electron chi connectivity index (χ1n) is 7.07. The fraction of sp³-hybridized carbons (Fsp3) is 1.00. The highest BCUT2D eigenvalue weighted by molar-refractivity contribution is 6.74. The van der Waals surface area contributed by atoms with Crippen molar-refractivity contribution in [2.45, 2.75) is 77.3 Å². The van der Waals surface area contributed by atoms with Crippen LogP contribution >= 0.6 is 0 Å². The van der Waals surface area contributed by atoms with Gasteiger partial charge < -0.3 is 14.3 Å².